The monoisotopic (exact) mass is 224 g/mol. The van der Waals surface area contributed by atoms with Crippen molar-refractivity contribution in [1.82, 2.24) is 15.2 Å². The minimum Gasteiger partial charge on any atom is -0.354 e. The maximum Gasteiger partial charge on any atom is 0.104 e. The molecule has 0 spiro atoms. The molecule has 2 aliphatic rings. The Balaban J connectivity index is 1.95. The molecule has 2 aliphatic heterocycles. The third kappa shape index (κ3) is 2.68. The molecule has 2 rings (SSSR count). The number of rotatable bonds is 4. The van der Waals surface area contributed by atoms with Gasteiger partial charge in [-0.15, -0.1) is 0 Å². The first-order valence-corrected chi connectivity index (χ1v) is 6.47. The lowest BCUT2D eigenvalue weighted by Gasteiger charge is -2.37. The molecule has 2 heterocycles. The second kappa shape index (κ2) is 5.55. The average molecular weight is 224 g/mol. The van der Waals surface area contributed by atoms with E-state index in [2.05, 4.69) is 23.3 Å². The Labute approximate surface area is 98.4 Å². The van der Waals surface area contributed by atoms with Gasteiger partial charge in [-0.1, -0.05) is 13.3 Å². The second-order valence-corrected chi connectivity index (χ2v) is 4.91. The first kappa shape index (κ1) is 11.7. The number of hydrogen-bond acceptors (Lipinski definition) is 4. The Morgan fingerprint density at radius 2 is 2.12 bits per heavy atom. The summed E-state index contributed by atoms with van der Waals surface area (Å²) in [6.07, 6.45) is 9.28. The average Bonchev–Trinajstić information content (AvgIpc) is 2.74. The van der Waals surface area contributed by atoms with Gasteiger partial charge in [0, 0.05) is 18.4 Å². The van der Waals surface area contributed by atoms with Crippen LogP contribution in [0.2, 0.25) is 0 Å². The van der Waals surface area contributed by atoms with E-state index >= 15 is 0 Å². The van der Waals surface area contributed by atoms with Gasteiger partial charge in [0.25, 0.3) is 0 Å². The lowest BCUT2D eigenvalue weighted by atomic mass is 9.87. The molecular formula is C12H24N4. The largest absolute Gasteiger partial charge is 0.354 e. The molecule has 0 aromatic carbocycles. The molecule has 0 aromatic heterocycles. The molecular weight excluding hydrogens is 200 g/mol. The highest BCUT2D eigenvalue weighted by Gasteiger charge is 2.28. The van der Waals surface area contributed by atoms with Gasteiger partial charge in [0.2, 0.25) is 0 Å². The Hall–Kier alpha value is -0.740. The fraction of sp³-hybridized carbons (Fsp3) is 0.833. The van der Waals surface area contributed by atoms with E-state index in [0.29, 0.717) is 6.04 Å². The van der Waals surface area contributed by atoms with Crippen LogP contribution in [0.15, 0.2) is 12.4 Å². The van der Waals surface area contributed by atoms with E-state index in [1.807, 2.05) is 6.20 Å². The number of hydrazine groups is 1. The molecule has 0 aliphatic carbocycles. The molecule has 1 atom stereocenters. The van der Waals surface area contributed by atoms with Crippen molar-refractivity contribution in [3.63, 3.8) is 0 Å². The van der Waals surface area contributed by atoms with Crippen molar-refractivity contribution in [1.29, 1.82) is 0 Å². The van der Waals surface area contributed by atoms with Gasteiger partial charge in [0.05, 0.1) is 0 Å². The zero-order chi connectivity index (χ0) is 11.4. The van der Waals surface area contributed by atoms with E-state index in [0.717, 1.165) is 12.6 Å². The summed E-state index contributed by atoms with van der Waals surface area (Å²) in [5.41, 5.74) is 0. The fourth-order valence-electron chi connectivity index (χ4n) is 2.87. The normalized spacial score (nSPS) is 24.1. The molecule has 92 valence electrons. The minimum atomic E-state index is 0.678. The van der Waals surface area contributed by atoms with Crippen LogP contribution >= 0.6 is 0 Å². The smallest absolute Gasteiger partial charge is 0.104 e. The van der Waals surface area contributed by atoms with E-state index in [1.54, 1.807) is 5.01 Å². The van der Waals surface area contributed by atoms with Crippen molar-refractivity contribution in [2.75, 3.05) is 19.8 Å². The van der Waals surface area contributed by atoms with Crippen molar-refractivity contribution in [2.24, 2.45) is 11.8 Å². The predicted molar refractivity (Wildman–Crippen MR) is 66.2 cm³/mol. The summed E-state index contributed by atoms with van der Waals surface area (Å²) in [4.78, 5) is 2.42. The Kier molecular flexibility index (Phi) is 4.07. The van der Waals surface area contributed by atoms with E-state index < -0.39 is 0 Å². The number of nitrogens with zero attached hydrogens (tertiary/aromatic N) is 2. The molecule has 0 radical (unpaired) electrons. The van der Waals surface area contributed by atoms with E-state index in [1.165, 1.54) is 38.8 Å². The molecule has 1 fully saturated rings. The van der Waals surface area contributed by atoms with E-state index in [-0.39, 0.29) is 0 Å². The maximum absolute atomic E-state index is 5.78. The van der Waals surface area contributed by atoms with Crippen LogP contribution < -0.4 is 11.2 Å². The summed E-state index contributed by atoms with van der Waals surface area (Å²) < 4.78 is 0. The molecule has 16 heavy (non-hydrogen) atoms. The molecule has 1 unspecified atom stereocenters. The van der Waals surface area contributed by atoms with Crippen LogP contribution in [0.25, 0.3) is 0 Å². The van der Waals surface area contributed by atoms with Crippen molar-refractivity contribution in [3.05, 3.63) is 12.4 Å². The molecule has 4 nitrogen and oxygen atoms in total. The van der Waals surface area contributed by atoms with Gasteiger partial charge in [0.15, 0.2) is 0 Å². The number of nitrogens with one attached hydrogen (secondary N) is 1. The summed E-state index contributed by atoms with van der Waals surface area (Å²) in [6, 6.07) is 0.678. The number of nitrogens with two attached hydrogens (primary N) is 1. The van der Waals surface area contributed by atoms with Crippen LogP contribution in [-0.4, -0.2) is 35.7 Å². The zero-order valence-corrected chi connectivity index (χ0v) is 10.2. The predicted octanol–water partition coefficient (Wildman–Crippen LogP) is 1.07. The van der Waals surface area contributed by atoms with Gasteiger partial charge >= 0.3 is 0 Å². The standard InChI is InChI=1S/C12H24N4/c1-2-3-12(11-4-6-14-7-5-11)15-8-9-16(13)10-15/h8-9,11-12,14H,2-7,10,13H2,1H3. The van der Waals surface area contributed by atoms with Crippen LogP contribution in [-0.2, 0) is 0 Å². The summed E-state index contributed by atoms with van der Waals surface area (Å²) in [7, 11) is 0. The van der Waals surface area contributed by atoms with Crippen LogP contribution in [0, 0.1) is 5.92 Å². The summed E-state index contributed by atoms with van der Waals surface area (Å²) >= 11 is 0. The van der Waals surface area contributed by atoms with Gasteiger partial charge in [-0.2, -0.15) is 0 Å². The number of piperidine rings is 1. The molecule has 1 saturated heterocycles. The van der Waals surface area contributed by atoms with Gasteiger partial charge in [-0.05, 0) is 38.3 Å². The van der Waals surface area contributed by atoms with Crippen LogP contribution in [0.1, 0.15) is 32.6 Å². The van der Waals surface area contributed by atoms with Crippen LogP contribution in [0.4, 0.5) is 0 Å². The molecule has 0 saturated carbocycles. The third-order valence-corrected chi connectivity index (χ3v) is 3.71. The van der Waals surface area contributed by atoms with Gasteiger partial charge in [0.1, 0.15) is 6.67 Å². The third-order valence-electron chi connectivity index (χ3n) is 3.71. The summed E-state index contributed by atoms with van der Waals surface area (Å²) in [5.74, 6) is 6.61. The first-order chi connectivity index (χ1) is 7.81. The summed E-state index contributed by atoms with van der Waals surface area (Å²) in [6.45, 7) is 5.48. The molecule has 0 bridgehead atoms. The first-order valence-electron chi connectivity index (χ1n) is 6.47. The topological polar surface area (TPSA) is 44.5 Å². The van der Waals surface area contributed by atoms with E-state index in [4.69, 9.17) is 5.84 Å². The lowest BCUT2D eigenvalue weighted by Crippen LogP contribution is -2.44. The van der Waals surface area contributed by atoms with Crippen molar-refractivity contribution < 1.29 is 0 Å². The number of hydrogen-bond donors (Lipinski definition) is 2. The molecule has 0 aromatic rings. The van der Waals surface area contributed by atoms with Crippen molar-refractivity contribution in [3.8, 4) is 0 Å². The summed E-state index contributed by atoms with van der Waals surface area (Å²) in [5, 5.41) is 5.21. The zero-order valence-electron chi connectivity index (χ0n) is 10.2. The Morgan fingerprint density at radius 3 is 2.69 bits per heavy atom. The SMILES string of the molecule is CCCC(C1CCNCC1)N1C=CN(N)C1. The molecule has 3 N–H and O–H groups in total. The highest BCUT2D eigenvalue weighted by Crippen LogP contribution is 2.26. The van der Waals surface area contributed by atoms with Gasteiger partial charge in [-0.3, -0.25) is 5.01 Å². The minimum absolute atomic E-state index is 0.678. The Morgan fingerprint density at radius 1 is 1.38 bits per heavy atom. The van der Waals surface area contributed by atoms with E-state index in [9.17, 15) is 0 Å². The van der Waals surface area contributed by atoms with Crippen molar-refractivity contribution in [2.45, 2.75) is 38.6 Å². The highest BCUT2D eigenvalue weighted by atomic mass is 15.5. The maximum atomic E-state index is 5.78. The quantitative estimate of drug-likeness (QED) is 0.701. The highest BCUT2D eigenvalue weighted by molar-refractivity contribution is 4.94. The van der Waals surface area contributed by atoms with Gasteiger partial charge < -0.3 is 10.2 Å². The fourth-order valence-corrected chi connectivity index (χ4v) is 2.87. The lowest BCUT2D eigenvalue weighted by molar-refractivity contribution is 0.134. The molecule has 0 amide bonds. The second-order valence-electron chi connectivity index (χ2n) is 4.91. The Bertz CT molecular complexity index is 235. The van der Waals surface area contributed by atoms with Gasteiger partial charge in [-0.25, -0.2) is 5.84 Å². The molecule has 4 heteroatoms. The van der Waals surface area contributed by atoms with Crippen LogP contribution in [0.3, 0.4) is 0 Å². The van der Waals surface area contributed by atoms with Crippen LogP contribution in [0.5, 0.6) is 0 Å². The van der Waals surface area contributed by atoms with Crippen molar-refractivity contribution >= 4 is 0 Å².